The first-order chi connectivity index (χ1) is 14.1. The topological polar surface area (TPSA) is 98.2 Å². The highest BCUT2D eigenvalue weighted by Gasteiger charge is 2.45. The van der Waals surface area contributed by atoms with Gasteiger partial charge in [-0.25, -0.2) is 0 Å². The van der Waals surface area contributed by atoms with Crippen LogP contribution < -0.4 is 0 Å². The van der Waals surface area contributed by atoms with Crippen LogP contribution in [0.15, 0.2) is 39.6 Å². The van der Waals surface area contributed by atoms with E-state index >= 15 is 0 Å². The molecule has 0 N–H and O–H groups in total. The summed E-state index contributed by atoms with van der Waals surface area (Å²) in [6.07, 6.45) is 8.65. The first-order valence-corrected chi connectivity index (χ1v) is 10.1. The summed E-state index contributed by atoms with van der Waals surface area (Å²) in [5, 5.41) is 8.22. The monoisotopic (exact) mass is 393 g/mol. The number of carbonyl (C=O) groups is 1. The van der Waals surface area contributed by atoms with Crippen LogP contribution in [0.5, 0.6) is 0 Å². The second kappa shape index (κ2) is 7.09. The smallest absolute Gasteiger partial charge is 0.276 e. The van der Waals surface area contributed by atoms with Crippen LogP contribution in [-0.4, -0.2) is 44.2 Å². The number of likely N-dealkylation sites (tertiary alicyclic amines) is 1. The summed E-state index contributed by atoms with van der Waals surface area (Å²) in [6, 6.07) is 5.46. The number of amides is 1. The van der Waals surface area contributed by atoms with Crippen molar-refractivity contribution in [1.29, 1.82) is 0 Å². The Kier molecular flexibility index (Phi) is 4.41. The van der Waals surface area contributed by atoms with Gasteiger partial charge in [-0.15, -0.1) is 0 Å². The van der Waals surface area contributed by atoms with E-state index in [-0.39, 0.29) is 11.3 Å². The number of aryl methyl sites for hydroxylation is 1. The number of nitrogens with zero attached hydrogens (tertiary/aromatic N) is 5. The first-order valence-electron chi connectivity index (χ1n) is 10.1. The summed E-state index contributed by atoms with van der Waals surface area (Å²) >= 11 is 0. The molecule has 1 aliphatic heterocycles. The molecule has 5 rings (SSSR count). The van der Waals surface area contributed by atoms with Gasteiger partial charge in [0, 0.05) is 37.0 Å². The van der Waals surface area contributed by atoms with E-state index in [1.54, 1.807) is 25.4 Å². The van der Waals surface area contributed by atoms with E-state index in [9.17, 15) is 4.79 Å². The van der Waals surface area contributed by atoms with E-state index in [0.717, 1.165) is 36.6 Å². The van der Waals surface area contributed by atoms with Crippen molar-refractivity contribution in [2.45, 2.75) is 44.4 Å². The van der Waals surface area contributed by atoms with Gasteiger partial charge in [-0.1, -0.05) is 23.2 Å². The zero-order valence-corrected chi connectivity index (χ0v) is 16.4. The van der Waals surface area contributed by atoms with Gasteiger partial charge in [-0.2, -0.15) is 4.98 Å². The van der Waals surface area contributed by atoms with Gasteiger partial charge in [-0.3, -0.25) is 9.78 Å². The fourth-order valence-electron chi connectivity index (χ4n) is 4.21. The Labute approximate surface area is 168 Å². The number of hydrogen-bond acceptors (Lipinski definition) is 7. The fraction of sp³-hybridized carbons (Fsp3) is 0.476. The number of pyridine rings is 1. The molecule has 0 aromatic carbocycles. The highest BCUT2D eigenvalue weighted by Crippen LogP contribution is 2.46. The molecule has 0 unspecified atom stereocenters. The molecule has 2 aliphatic rings. The molecule has 29 heavy (non-hydrogen) atoms. The Morgan fingerprint density at radius 2 is 2.07 bits per heavy atom. The third-order valence-corrected chi connectivity index (χ3v) is 6.04. The minimum Gasteiger partial charge on any atom is -0.361 e. The molecule has 1 amide bonds. The summed E-state index contributed by atoms with van der Waals surface area (Å²) in [4.78, 5) is 23.5. The normalized spacial score (nSPS) is 18.7. The summed E-state index contributed by atoms with van der Waals surface area (Å²) < 4.78 is 10.6. The van der Waals surface area contributed by atoms with Gasteiger partial charge in [-0.05, 0) is 44.2 Å². The van der Waals surface area contributed by atoms with Crippen molar-refractivity contribution in [3.8, 4) is 11.5 Å². The minimum absolute atomic E-state index is 0.0777. The Balaban J connectivity index is 1.36. The van der Waals surface area contributed by atoms with Gasteiger partial charge in [0.05, 0.1) is 5.56 Å². The van der Waals surface area contributed by atoms with E-state index in [0.29, 0.717) is 30.4 Å². The molecule has 0 spiro atoms. The lowest BCUT2D eigenvalue weighted by atomic mass is 9.73. The molecular weight excluding hydrogens is 370 g/mol. The lowest BCUT2D eigenvalue weighted by Crippen LogP contribution is -2.46. The van der Waals surface area contributed by atoms with Crippen LogP contribution in [0.25, 0.3) is 11.5 Å². The first kappa shape index (κ1) is 18.0. The van der Waals surface area contributed by atoms with E-state index in [4.69, 9.17) is 14.0 Å². The molecule has 0 atom stereocenters. The number of carbonyl (C=O) groups excluding carboxylic acids is 1. The largest absolute Gasteiger partial charge is 0.361 e. The maximum atomic E-state index is 12.7. The quantitative estimate of drug-likeness (QED) is 0.655. The van der Waals surface area contributed by atoms with Crippen LogP contribution in [0.1, 0.15) is 54.2 Å². The third kappa shape index (κ3) is 3.54. The molecule has 0 bridgehead atoms. The van der Waals surface area contributed by atoms with Gasteiger partial charge in [0.1, 0.15) is 5.76 Å². The summed E-state index contributed by atoms with van der Waals surface area (Å²) in [5.74, 6) is 2.54. The molecule has 150 valence electrons. The molecule has 2 fully saturated rings. The van der Waals surface area contributed by atoms with Crippen molar-refractivity contribution in [2.75, 3.05) is 13.1 Å². The second-order valence-corrected chi connectivity index (χ2v) is 8.21. The molecule has 1 aliphatic carbocycles. The van der Waals surface area contributed by atoms with Gasteiger partial charge >= 0.3 is 0 Å². The van der Waals surface area contributed by atoms with E-state index in [1.807, 2.05) is 17.0 Å². The van der Waals surface area contributed by atoms with Crippen LogP contribution in [0.2, 0.25) is 0 Å². The highest BCUT2D eigenvalue weighted by molar-refractivity contribution is 5.92. The van der Waals surface area contributed by atoms with E-state index < -0.39 is 0 Å². The van der Waals surface area contributed by atoms with Crippen LogP contribution >= 0.6 is 0 Å². The number of hydrogen-bond donors (Lipinski definition) is 0. The van der Waals surface area contributed by atoms with Crippen LogP contribution in [-0.2, 0) is 5.41 Å². The van der Waals surface area contributed by atoms with Crippen molar-refractivity contribution in [2.24, 2.45) is 5.92 Å². The zero-order valence-electron chi connectivity index (χ0n) is 16.4. The molecule has 1 saturated carbocycles. The van der Waals surface area contributed by atoms with Gasteiger partial charge in [0.25, 0.3) is 11.8 Å². The zero-order chi connectivity index (χ0) is 19.8. The molecule has 8 heteroatoms. The van der Waals surface area contributed by atoms with E-state index in [2.05, 4.69) is 15.3 Å². The highest BCUT2D eigenvalue weighted by atomic mass is 16.5. The average molecular weight is 393 g/mol. The fourth-order valence-corrected chi connectivity index (χ4v) is 4.21. The minimum atomic E-state index is -0.151. The number of aromatic nitrogens is 4. The Morgan fingerprint density at radius 1 is 1.24 bits per heavy atom. The lowest BCUT2D eigenvalue weighted by molar-refractivity contribution is 0.0635. The lowest BCUT2D eigenvalue weighted by Gasteiger charge is -2.39. The summed E-state index contributed by atoms with van der Waals surface area (Å²) in [5.41, 5.74) is 1.04. The van der Waals surface area contributed by atoms with Gasteiger partial charge in [0.2, 0.25) is 0 Å². The van der Waals surface area contributed by atoms with Crippen molar-refractivity contribution < 1.29 is 13.8 Å². The van der Waals surface area contributed by atoms with Crippen molar-refractivity contribution in [1.82, 2.24) is 25.2 Å². The molecule has 3 aromatic heterocycles. The second-order valence-electron chi connectivity index (χ2n) is 8.21. The van der Waals surface area contributed by atoms with Crippen LogP contribution in [0, 0.1) is 12.8 Å². The maximum absolute atomic E-state index is 12.7. The van der Waals surface area contributed by atoms with Gasteiger partial charge < -0.3 is 13.9 Å². The molecule has 1 saturated heterocycles. The molecule has 3 aromatic rings. The Morgan fingerprint density at radius 3 is 2.72 bits per heavy atom. The van der Waals surface area contributed by atoms with Crippen LogP contribution in [0.3, 0.4) is 0 Å². The summed E-state index contributed by atoms with van der Waals surface area (Å²) in [6.45, 7) is 3.08. The van der Waals surface area contributed by atoms with Crippen molar-refractivity contribution >= 4 is 5.91 Å². The van der Waals surface area contributed by atoms with Crippen molar-refractivity contribution in [3.05, 3.63) is 47.9 Å². The van der Waals surface area contributed by atoms with Crippen molar-refractivity contribution in [3.63, 3.8) is 0 Å². The standard InChI is InChI=1S/C21H23N5O3/c1-14-11-17(24-28-14)19(27)26-9-6-21(7-10-26,12-15-4-5-15)20-23-18(29-25-20)16-3-2-8-22-13-16/h2-3,8,11,13,15H,4-7,9-10,12H2,1H3. The number of rotatable bonds is 5. The Hall–Kier alpha value is -3.03. The summed E-state index contributed by atoms with van der Waals surface area (Å²) in [7, 11) is 0. The third-order valence-electron chi connectivity index (χ3n) is 6.04. The predicted molar refractivity (Wildman–Crippen MR) is 103 cm³/mol. The van der Waals surface area contributed by atoms with E-state index in [1.165, 1.54) is 12.8 Å². The van der Waals surface area contributed by atoms with Gasteiger partial charge in [0.15, 0.2) is 11.5 Å². The Bertz CT molecular complexity index is 1000. The number of piperidine rings is 1. The molecule has 4 heterocycles. The average Bonchev–Trinajstić information content (AvgIpc) is 3.24. The molecule has 0 radical (unpaired) electrons. The van der Waals surface area contributed by atoms with Crippen LogP contribution in [0.4, 0.5) is 0 Å². The molecule has 8 nitrogen and oxygen atoms in total. The SMILES string of the molecule is Cc1cc(C(=O)N2CCC(CC3CC3)(c3noc(-c4cccnc4)n3)CC2)no1. The predicted octanol–water partition coefficient (Wildman–Crippen LogP) is 3.40. The molecular formula is C21H23N5O3. The maximum Gasteiger partial charge on any atom is 0.276 e.